The number of aryl methyl sites for hydroxylation is 2. The van der Waals surface area contributed by atoms with E-state index in [9.17, 15) is 4.79 Å². The van der Waals surface area contributed by atoms with Crippen molar-refractivity contribution >= 4 is 30.1 Å². The topological polar surface area (TPSA) is 79.5 Å². The molecular weight excluding hydrogens is 264 g/mol. The number of hydrogen-bond donors (Lipinski definition) is 3. The number of guanidine groups is 1. The number of hydrogen-bond acceptors (Lipinski definition) is 2. The van der Waals surface area contributed by atoms with Gasteiger partial charge in [-0.05, 0) is 31.4 Å². The summed E-state index contributed by atoms with van der Waals surface area (Å²) in [5, 5.41) is 5.29. The van der Waals surface area contributed by atoms with Gasteiger partial charge in [0, 0.05) is 12.2 Å². The summed E-state index contributed by atoms with van der Waals surface area (Å²) in [5.41, 5.74) is 8.48. The zero-order chi connectivity index (χ0) is 13.5. The van der Waals surface area contributed by atoms with E-state index in [1.807, 2.05) is 39.0 Å². The molecule has 0 aliphatic rings. The van der Waals surface area contributed by atoms with Crippen molar-refractivity contribution in [3.05, 3.63) is 29.3 Å². The Hall–Kier alpha value is -1.75. The molecule has 0 atom stereocenters. The summed E-state index contributed by atoms with van der Waals surface area (Å²) in [4.78, 5) is 15.6. The highest BCUT2D eigenvalue weighted by Crippen LogP contribution is 2.20. The Balaban J connectivity index is 0.00000324. The SMILES string of the molecule is CCN=C(N)NC(=O)Nc1c(C)cccc1CC.Cl. The van der Waals surface area contributed by atoms with Gasteiger partial charge in [0.2, 0.25) is 0 Å². The molecule has 1 rings (SSSR count). The fraction of sp³-hybridized carbons (Fsp3) is 0.385. The van der Waals surface area contributed by atoms with Gasteiger partial charge in [-0.25, -0.2) is 4.79 Å². The average Bonchev–Trinajstić information content (AvgIpc) is 2.31. The number of carbonyl (C=O) groups is 1. The van der Waals surface area contributed by atoms with E-state index < -0.39 is 0 Å². The van der Waals surface area contributed by atoms with Crippen LogP contribution in [0.25, 0.3) is 0 Å². The number of amides is 2. The Bertz CT molecular complexity index is 460. The molecule has 0 saturated carbocycles. The first-order chi connectivity index (χ1) is 8.58. The average molecular weight is 285 g/mol. The third-order valence-electron chi connectivity index (χ3n) is 2.55. The second-order valence-corrected chi connectivity index (χ2v) is 3.90. The Morgan fingerprint density at radius 3 is 2.63 bits per heavy atom. The molecule has 0 heterocycles. The second-order valence-electron chi connectivity index (χ2n) is 3.90. The Labute approximate surface area is 120 Å². The van der Waals surface area contributed by atoms with Gasteiger partial charge in [-0.1, -0.05) is 25.1 Å². The van der Waals surface area contributed by atoms with Crippen molar-refractivity contribution in [2.45, 2.75) is 27.2 Å². The molecule has 0 aliphatic heterocycles. The highest BCUT2D eigenvalue weighted by Gasteiger charge is 2.08. The zero-order valence-electron chi connectivity index (χ0n) is 11.5. The van der Waals surface area contributed by atoms with Gasteiger partial charge in [0.15, 0.2) is 5.96 Å². The van der Waals surface area contributed by atoms with E-state index in [0.717, 1.165) is 23.2 Å². The molecule has 0 fully saturated rings. The van der Waals surface area contributed by atoms with Crippen molar-refractivity contribution in [1.29, 1.82) is 0 Å². The molecule has 0 aliphatic carbocycles. The van der Waals surface area contributed by atoms with E-state index in [0.29, 0.717) is 6.54 Å². The monoisotopic (exact) mass is 284 g/mol. The molecule has 1 aromatic carbocycles. The number of halogens is 1. The lowest BCUT2D eigenvalue weighted by Crippen LogP contribution is -2.40. The van der Waals surface area contributed by atoms with Gasteiger partial charge in [0.1, 0.15) is 0 Å². The largest absolute Gasteiger partial charge is 0.370 e. The molecule has 0 aromatic heterocycles. The van der Waals surface area contributed by atoms with Crippen molar-refractivity contribution in [1.82, 2.24) is 5.32 Å². The van der Waals surface area contributed by atoms with Crippen LogP contribution in [0.3, 0.4) is 0 Å². The first kappa shape index (κ1) is 17.2. The predicted molar refractivity (Wildman–Crippen MR) is 82.1 cm³/mol. The minimum absolute atomic E-state index is 0. The second kappa shape index (κ2) is 8.37. The fourth-order valence-corrected chi connectivity index (χ4v) is 1.67. The molecule has 0 radical (unpaired) electrons. The van der Waals surface area contributed by atoms with Crippen LogP contribution in [0.15, 0.2) is 23.2 Å². The molecule has 106 valence electrons. The minimum Gasteiger partial charge on any atom is -0.370 e. The van der Waals surface area contributed by atoms with Crippen LogP contribution in [-0.2, 0) is 6.42 Å². The first-order valence-electron chi connectivity index (χ1n) is 6.04. The van der Waals surface area contributed by atoms with Crippen molar-refractivity contribution in [2.75, 3.05) is 11.9 Å². The number of rotatable bonds is 3. The number of para-hydroxylation sites is 1. The van der Waals surface area contributed by atoms with E-state index >= 15 is 0 Å². The zero-order valence-corrected chi connectivity index (χ0v) is 12.3. The molecule has 0 unspecified atom stereocenters. The van der Waals surface area contributed by atoms with Crippen LogP contribution in [0.2, 0.25) is 0 Å². The molecule has 19 heavy (non-hydrogen) atoms. The van der Waals surface area contributed by atoms with E-state index in [1.165, 1.54) is 0 Å². The normalized spacial score (nSPS) is 10.6. The smallest absolute Gasteiger partial charge is 0.326 e. The number of nitrogens with two attached hydrogens (primary N) is 1. The summed E-state index contributed by atoms with van der Waals surface area (Å²) in [6.07, 6.45) is 0.857. The molecule has 5 nitrogen and oxygen atoms in total. The van der Waals surface area contributed by atoms with Crippen LogP contribution in [0, 0.1) is 6.92 Å². The number of aliphatic imine (C=N–C) groups is 1. The number of carbonyl (C=O) groups excluding carboxylic acids is 1. The number of benzene rings is 1. The predicted octanol–water partition coefficient (Wildman–Crippen LogP) is 2.44. The van der Waals surface area contributed by atoms with Gasteiger partial charge in [0.05, 0.1) is 0 Å². The van der Waals surface area contributed by atoms with Crippen LogP contribution >= 0.6 is 12.4 Å². The van der Waals surface area contributed by atoms with Gasteiger partial charge in [-0.3, -0.25) is 10.3 Å². The lowest BCUT2D eigenvalue weighted by molar-refractivity contribution is 0.256. The van der Waals surface area contributed by atoms with E-state index in [-0.39, 0.29) is 24.4 Å². The van der Waals surface area contributed by atoms with Crippen LogP contribution in [0.5, 0.6) is 0 Å². The number of nitrogens with one attached hydrogen (secondary N) is 2. The highest BCUT2D eigenvalue weighted by atomic mass is 35.5. The summed E-state index contributed by atoms with van der Waals surface area (Å²) in [7, 11) is 0. The lowest BCUT2D eigenvalue weighted by Gasteiger charge is -2.13. The molecule has 1 aromatic rings. The van der Waals surface area contributed by atoms with E-state index in [2.05, 4.69) is 15.6 Å². The summed E-state index contributed by atoms with van der Waals surface area (Å²) in [6, 6.07) is 5.56. The maximum absolute atomic E-state index is 11.7. The third kappa shape index (κ3) is 5.18. The van der Waals surface area contributed by atoms with Crippen molar-refractivity contribution < 1.29 is 4.79 Å². The molecule has 6 heteroatoms. The summed E-state index contributed by atoms with van der Waals surface area (Å²) >= 11 is 0. The summed E-state index contributed by atoms with van der Waals surface area (Å²) in [6.45, 7) is 6.39. The summed E-state index contributed by atoms with van der Waals surface area (Å²) < 4.78 is 0. The van der Waals surface area contributed by atoms with Gasteiger partial charge in [-0.2, -0.15) is 0 Å². The number of anilines is 1. The molecule has 0 saturated heterocycles. The van der Waals surface area contributed by atoms with Crippen LogP contribution in [0.4, 0.5) is 10.5 Å². The van der Waals surface area contributed by atoms with Gasteiger partial charge >= 0.3 is 6.03 Å². The molecule has 2 amide bonds. The highest BCUT2D eigenvalue weighted by molar-refractivity contribution is 6.02. The first-order valence-corrected chi connectivity index (χ1v) is 6.04. The van der Waals surface area contributed by atoms with Gasteiger partial charge < -0.3 is 11.1 Å². The van der Waals surface area contributed by atoms with Gasteiger partial charge in [0.25, 0.3) is 0 Å². The molecule has 4 N–H and O–H groups in total. The van der Waals surface area contributed by atoms with Crippen molar-refractivity contribution in [3.63, 3.8) is 0 Å². The van der Waals surface area contributed by atoms with Crippen LogP contribution in [0.1, 0.15) is 25.0 Å². The maximum Gasteiger partial charge on any atom is 0.326 e. The fourth-order valence-electron chi connectivity index (χ4n) is 1.67. The van der Waals surface area contributed by atoms with Gasteiger partial charge in [-0.15, -0.1) is 12.4 Å². The van der Waals surface area contributed by atoms with Crippen molar-refractivity contribution in [2.24, 2.45) is 10.7 Å². The quantitative estimate of drug-likeness (QED) is 0.589. The number of nitrogens with zero attached hydrogens (tertiary/aromatic N) is 1. The summed E-state index contributed by atoms with van der Waals surface area (Å²) in [5.74, 6) is 0.127. The Morgan fingerprint density at radius 1 is 1.37 bits per heavy atom. The number of urea groups is 1. The Kier molecular flexibility index (Phi) is 7.60. The van der Waals surface area contributed by atoms with Crippen molar-refractivity contribution in [3.8, 4) is 0 Å². The standard InChI is InChI=1S/C13H20N4O.ClH/c1-4-10-8-6-7-9(3)11(10)16-13(18)17-12(14)15-5-2;/h6-8H,4-5H2,1-3H3,(H4,14,15,16,17,18);1H. The lowest BCUT2D eigenvalue weighted by atomic mass is 10.1. The van der Waals surface area contributed by atoms with Crippen LogP contribution < -0.4 is 16.4 Å². The van der Waals surface area contributed by atoms with Crippen LogP contribution in [-0.4, -0.2) is 18.5 Å². The van der Waals surface area contributed by atoms with E-state index in [1.54, 1.807) is 0 Å². The van der Waals surface area contributed by atoms with E-state index in [4.69, 9.17) is 5.73 Å². The molecule has 0 bridgehead atoms. The molecular formula is C13H21ClN4O. The minimum atomic E-state index is -0.367. The molecule has 0 spiro atoms. The third-order valence-corrected chi connectivity index (χ3v) is 2.55. The maximum atomic E-state index is 11.7. The Morgan fingerprint density at radius 2 is 2.05 bits per heavy atom.